The van der Waals surface area contributed by atoms with Crippen LogP contribution in [-0.2, 0) is 20.0 Å². The van der Waals surface area contributed by atoms with E-state index in [4.69, 9.17) is 23.6 Å². The highest BCUT2D eigenvalue weighted by Crippen LogP contribution is 2.42. The van der Waals surface area contributed by atoms with E-state index in [0.29, 0.717) is 7.65 Å². The van der Waals surface area contributed by atoms with Crippen molar-refractivity contribution in [2.45, 2.75) is 9.79 Å². The average molecular weight is 473 g/mol. The Morgan fingerprint density at radius 3 is 1.28 bits per heavy atom. The molecule has 0 aromatic heterocycles. The Morgan fingerprint density at radius 2 is 0.931 bits per heavy atom. The van der Waals surface area contributed by atoms with Gasteiger partial charge in [0.1, 0.15) is 11.4 Å². The maximum absolute atomic E-state index is 12.7. The van der Waals surface area contributed by atoms with Crippen LogP contribution in [0.4, 0.5) is 11.4 Å². The number of hydrogen-bond donors (Lipinski definition) is 1. The molecule has 0 radical (unpaired) electrons. The third-order valence-corrected chi connectivity index (χ3v) is 8.30. The summed E-state index contributed by atoms with van der Waals surface area (Å²) in [5.74, 6) is -0.725. The fourth-order valence-electron chi connectivity index (χ4n) is 2.43. The molecule has 29 heavy (non-hydrogen) atoms. The summed E-state index contributed by atoms with van der Waals surface area (Å²) in [5, 5.41) is 10.6. The summed E-state index contributed by atoms with van der Waals surface area (Å²) >= 11 is 12.0. The van der Waals surface area contributed by atoms with Crippen molar-refractivity contribution in [2.75, 3.05) is 7.65 Å². The molecule has 0 unspecified atom stereocenters. The Morgan fingerprint density at radius 1 is 0.586 bits per heavy atom. The fourth-order valence-corrected chi connectivity index (χ4v) is 5.37. The zero-order chi connectivity index (χ0) is 21.2. The van der Waals surface area contributed by atoms with Crippen molar-refractivity contribution in [2.24, 2.45) is 0 Å². The van der Waals surface area contributed by atoms with Crippen molar-refractivity contribution in [3.63, 3.8) is 0 Å². The molecule has 7 nitrogen and oxygen atoms in total. The van der Waals surface area contributed by atoms with Crippen LogP contribution >= 0.6 is 23.6 Å². The molecule has 0 saturated heterocycles. The molecule has 11 heteroatoms. The largest absolute Gasteiger partial charge is 0.504 e. The topological polar surface area (TPSA) is 95.0 Å². The summed E-state index contributed by atoms with van der Waals surface area (Å²) in [6.45, 7) is 0. The van der Waals surface area contributed by atoms with Crippen molar-refractivity contribution < 1.29 is 21.9 Å². The lowest BCUT2D eigenvalue weighted by molar-refractivity contribution is 0.478. The smallest absolute Gasteiger partial charge is 0.278 e. The van der Waals surface area contributed by atoms with E-state index in [9.17, 15) is 21.9 Å². The Kier molecular flexibility index (Phi) is 5.95. The number of sulfonamides is 2. The van der Waals surface area contributed by atoms with Gasteiger partial charge in [0.05, 0.1) is 9.79 Å². The molecule has 0 aliphatic heterocycles. The summed E-state index contributed by atoms with van der Waals surface area (Å²) in [4.78, 5) is -0.223. The van der Waals surface area contributed by atoms with Crippen LogP contribution in [0, 0.1) is 0 Å². The Balaban J connectivity index is 2.05. The molecule has 3 aromatic rings. The van der Waals surface area contributed by atoms with E-state index in [1.54, 1.807) is 12.1 Å². The quantitative estimate of drug-likeness (QED) is 0.545. The van der Waals surface area contributed by atoms with Crippen LogP contribution in [0.25, 0.3) is 0 Å². The summed E-state index contributed by atoms with van der Waals surface area (Å²) in [7, 11) is -8.43. The van der Waals surface area contributed by atoms with E-state index in [-0.39, 0.29) is 21.2 Å². The summed E-state index contributed by atoms with van der Waals surface area (Å²) in [6.07, 6.45) is 0. The van der Waals surface area contributed by atoms with Crippen molar-refractivity contribution in [3.05, 3.63) is 78.9 Å². The maximum Gasteiger partial charge on any atom is 0.278 e. The molecule has 0 spiro atoms. The van der Waals surface area contributed by atoms with Crippen LogP contribution in [0.15, 0.2) is 88.7 Å². The average Bonchev–Trinajstić information content (AvgIpc) is 2.74. The molecule has 0 aliphatic rings. The molecule has 0 heterocycles. The molecule has 0 fully saturated rings. The Labute approximate surface area is 178 Å². The second-order valence-electron chi connectivity index (χ2n) is 5.71. The van der Waals surface area contributed by atoms with Gasteiger partial charge >= 0.3 is 0 Å². The lowest BCUT2D eigenvalue weighted by atomic mass is 10.2. The lowest BCUT2D eigenvalue weighted by Gasteiger charge is -2.22. The maximum atomic E-state index is 12.7. The van der Waals surface area contributed by atoms with Gasteiger partial charge in [-0.1, -0.05) is 42.5 Å². The van der Waals surface area contributed by atoms with E-state index in [0.717, 1.165) is 0 Å². The Hall–Kier alpha value is -2.46. The first-order chi connectivity index (χ1) is 13.7. The molecule has 3 rings (SSSR count). The number of phenols is 1. The SMILES string of the molecule is O=S(=O)(c1ccccc1)N(Cl)c1cccc(N(Cl)S(=O)(=O)c2ccccc2)c1O. The first kappa shape index (κ1) is 21.3. The van der Waals surface area contributed by atoms with E-state index in [2.05, 4.69) is 0 Å². The van der Waals surface area contributed by atoms with Gasteiger partial charge in [-0.2, -0.15) is 24.5 Å². The van der Waals surface area contributed by atoms with Gasteiger partial charge in [-0.15, -0.1) is 0 Å². The first-order valence-corrected chi connectivity index (χ1v) is 11.6. The molecule has 0 saturated carbocycles. The number of nitrogens with zero attached hydrogens (tertiary/aromatic N) is 2. The van der Waals surface area contributed by atoms with Crippen LogP contribution in [0.5, 0.6) is 5.75 Å². The number of para-hydroxylation sites is 1. The highest BCUT2D eigenvalue weighted by Gasteiger charge is 2.30. The molecule has 3 aromatic carbocycles. The second kappa shape index (κ2) is 8.11. The van der Waals surface area contributed by atoms with Gasteiger partial charge in [0.25, 0.3) is 20.0 Å². The zero-order valence-electron chi connectivity index (χ0n) is 14.6. The van der Waals surface area contributed by atoms with Gasteiger partial charge in [-0.05, 0) is 36.4 Å². The van der Waals surface area contributed by atoms with Crippen molar-refractivity contribution in [1.29, 1.82) is 0 Å². The Bertz CT molecular complexity index is 1130. The second-order valence-corrected chi connectivity index (χ2v) is 10.4. The minimum atomic E-state index is -4.22. The molecule has 0 amide bonds. The normalized spacial score (nSPS) is 11.8. The molecule has 0 atom stereocenters. The minimum absolute atomic E-state index is 0.112. The number of aromatic hydroxyl groups is 1. The predicted molar refractivity (Wildman–Crippen MR) is 112 cm³/mol. The zero-order valence-corrected chi connectivity index (χ0v) is 17.7. The number of anilines is 2. The number of halogens is 2. The van der Waals surface area contributed by atoms with E-state index >= 15 is 0 Å². The van der Waals surface area contributed by atoms with Gasteiger partial charge in [-0.25, -0.2) is 0 Å². The molecule has 0 aliphatic carbocycles. The van der Waals surface area contributed by atoms with Crippen LogP contribution in [0.2, 0.25) is 0 Å². The molecule has 152 valence electrons. The third kappa shape index (κ3) is 3.99. The number of hydrogen-bond acceptors (Lipinski definition) is 5. The van der Waals surface area contributed by atoms with Crippen molar-refractivity contribution in [1.82, 2.24) is 0 Å². The monoisotopic (exact) mass is 472 g/mol. The molecular formula is C18H14Cl2N2O5S2. The minimum Gasteiger partial charge on any atom is -0.504 e. The molecule has 0 bridgehead atoms. The number of rotatable bonds is 6. The van der Waals surface area contributed by atoms with E-state index in [1.165, 1.54) is 66.7 Å². The number of phenolic OH excluding ortho intramolecular Hbond substituents is 1. The van der Waals surface area contributed by atoms with Gasteiger partial charge < -0.3 is 5.11 Å². The van der Waals surface area contributed by atoms with Crippen LogP contribution < -0.4 is 7.65 Å². The summed E-state index contributed by atoms with van der Waals surface area (Å²) in [5.41, 5.74) is -0.719. The molecule has 1 N–H and O–H groups in total. The van der Waals surface area contributed by atoms with Crippen molar-refractivity contribution in [3.8, 4) is 5.75 Å². The highest BCUT2D eigenvalue weighted by molar-refractivity contribution is 7.94. The fraction of sp³-hybridized carbons (Fsp3) is 0. The summed E-state index contributed by atoms with van der Waals surface area (Å²) < 4.78 is 51.5. The van der Waals surface area contributed by atoms with Gasteiger partial charge in [0.15, 0.2) is 5.75 Å². The number of benzene rings is 3. The third-order valence-electron chi connectivity index (χ3n) is 3.88. The van der Waals surface area contributed by atoms with Crippen LogP contribution in [-0.4, -0.2) is 21.9 Å². The lowest BCUT2D eigenvalue weighted by Crippen LogP contribution is -2.23. The van der Waals surface area contributed by atoms with Crippen molar-refractivity contribution >= 4 is 55.0 Å². The summed E-state index contributed by atoms with van der Waals surface area (Å²) in [6, 6.07) is 18.4. The van der Waals surface area contributed by atoms with Gasteiger partial charge in [0, 0.05) is 23.6 Å². The van der Waals surface area contributed by atoms with Crippen LogP contribution in [0.3, 0.4) is 0 Å². The standard InChI is InChI=1S/C18H14Cl2N2O5S2/c19-21(28(24,25)14-8-3-1-4-9-14)16-12-7-13-17(18(16)23)22(20)29(26,27)15-10-5-2-6-11-15/h1-13,23H. The predicted octanol–water partition coefficient (Wildman–Crippen LogP) is 4.09. The van der Waals surface area contributed by atoms with E-state index in [1.807, 2.05) is 0 Å². The molecular weight excluding hydrogens is 459 g/mol. The highest BCUT2D eigenvalue weighted by atomic mass is 35.5. The van der Waals surface area contributed by atoms with Gasteiger partial charge in [0.2, 0.25) is 0 Å². The first-order valence-electron chi connectivity index (χ1n) is 8.01. The van der Waals surface area contributed by atoms with Crippen LogP contribution in [0.1, 0.15) is 0 Å². The van der Waals surface area contributed by atoms with Gasteiger partial charge in [-0.3, -0.25) is 0 Å². The van der Waals surface area contributed by atoms with E-state index < -0.39 is 25.8 Å².